The molecule has 0 aliphatic heterocycles. The molecule has 0 heterocycles. The molecular formula is C15H13IN2O. The first-order valence-electron chi connectivity index (χ1n) is 5.82. The number of hydrogen-bond donors (Lipinski definition) is 1. The second kappa shape index (κ2) is 6.47. The molecule has 0 aromatic heterocycles. The Morgan fingerprint density at radius 2 is 1.63 bits per heavy atom. The summed E-state index contributed by atoms with van der Waals surface area (Å²) in [6.45, 7) is 1.87. The summed E-state index contributed by atoms with van der Waals surface area (Å²) in [7, 11) is 0. The van der Waals surface area contributed by atoms with Crippen LogP contribution in [-0.4, -0.2) is 11.6 Å². The van der Waals surface area contributed by atoms with E-state index < -0.39 is 0 Å². The van der Waals surface area contributed by atoms with Crippen molar-refractivity contribution in [2.45, 2.75) is 6.92 Å². The average molecular weight is 364 g/mol. The molecule has 0 radical (unpaired) electrons. The van der Waals surface area contributed by atoms with Crippen LogP contribution in [0.1, 0.15) is 22.8 Å². The number of hydrogen-bond acceptors (Lipinski definition) is 2. The van der Waals surface area contributed by atoms with Crippen molar-refractivity contribution >= 4 is 34.2 Å². The van der Waals surface area contributed by atoms with Crippen molar-refractivity contribution in [3.63, 3.8) is 0 Å². The molecule has 2 aromatic carbocycles. The first-order chi connectivity index (χ1) is 9.16. The molecule has 0 bridgehead atoms. The second-order valence-electron chi connectivity index (χ2n) is 4.01. The Labute approximate surface area is 125 Å². The monoisotopic (exact) mass is 364 g/mol. The number of carbonyl (C=O) groups excluding carboxylic acids is 1. The van der Waals surface area contributed by atoms with Crippen molar-refractivity contribution in [3.8, 4) is 0 Å². The van der Waals surface area contributed by atoms with E-state index in [1.54, 1.807) is 12.1 Å². The van der Waals surface area contributed by atoms with E-state index in [1.807, 2.05) is 49.4 Å². The van der Waals surface area contributed by atoms with Gasteiger partial charge in [-0.25, -0.2) is 5.43 Å². The zero-order valence-electron chi connectivity index (χ0n) is 10.4. The van der Waals surface area contributed by atoms with E-state index in [9.17, 15) is 4.79 Å². The van der Waals surface area contributed by atoms with Crippen LogP contribution in [0.3, 0.4) is 0 Å². The molecule has 0 saturated carbocycles. The molecule has 0 fully saturated rings. The smallest absolute Gasteiger partial charge is 0.267 e. The van der Waals surface area contributed by atoms with Gasteiger partial charge in [-0.1, -0.05) is 30.3 Å². The number of benzene rings is 2. The van der Waals surface area contributed by atoms with Crippen LogP contribution in [0.5, 0.6) is 0 Å². The van der Waals surface area contributed by atoms with Crippen LogP contribution < -0.4 is 5.43 Å². The lowest BCUT2D eigenvalue weighted by Gasteiger charge is -2.03. The van der Waals surface area contributed by atoms with E-state index in [2.05, 4.69) is 33.1 Å². The van der Waals surface area contributed by atoms with E-state index >= 15 is 0 Å². The van der Waals surface area contributed by atoms with Gasteiger partial charge < -0.3 is 0 Å². The number of halogens is 1. The van der Waals surface area contributed by atoms with E-state index in [0.29, 0.717) is 5.56 Å². The molecule has 1 N–H and O–H groups in total. The van der Waals surface area contributed by atoms with Crippen LogP contribution in [0, 0.1) is 3.57 Å². The summed E-state index contributed by atoms with van der Waals surface area (Å²) in [5.41, 5.74) is 4.93. The molecule has 96 valence electrons. The van der Waals surface area contributed by atoms with Gasteiger partial charge in [0.25, 0.3) is 5.91 Å². The SMILES string of the molecule is C/C(=N/NC(=O)c1ccccc1)c1ccc(I)cc1. The minimum absolute atomic E-state index is 0.203. The van der Waals surface area contributed by atoms with Crippen molar-refractivity contribution in [2.75, 3.05) is 0 Å². The van der Waals surface area contributed by atoms with Gasteiger partial charge >= 0.3 is 0 Å². The number of nitrogens with one attached hydrogen (secondary N) is 1. The predicted molar refractivity (Wildman–Crippen MR) is 85.3 cm³/mol. The van der Waals surface area contributed by atoms with Crippen LogP contribution in [0.2, 0.25) is 0 Å². The van der Waals surface area contributed by atoms with Crippen LogP contribution in [0.15, 0.2) is 59.7 Å². The fraction of sp³-hybridized carbons (Fsp3) is 0.0667. The molecule has 0 spiro atoms. The molecule has 0 atom stereocenters. The van der Waals surface area contributed by atoms with Crippen LogP contribution in [-0.2, 0) is 0 Å². The summed E-state index contributed by atoms with van der Waals surface area (Å²) in [5.74, 6) is -0.203. The lowest BCUT2D eigenvalue weighted by molar-refractivity contribution is 0.0955. The third-order valence-electron chi connectivity index (χ3n) is 2.62. The lowest BCUT2D eigenvalue weighted by atomic mass is 10.1. The lowest BCUT2D eigenvalue weighted by Crippen LogP contribution is -2.19. The Bertz CT molecular complexity index is 591. The first-order valence-corrected chi connectivity index (χ1v) is 6.90. The molecule has 0 unspecified atom stereocenters. The number of carbonyl (C=O) groups is 1. The maximum Gasteiger partial charge on any atom is 0.271 e. The largest absolute Gasteiger partial charge is 0.271 e. The van der Waals surface area contributed by atoms with Crippen LogP contribution in [0.4, 0.5) is 0 Å². The topological polar surface area (TPSA) is 41.5 Å². The normalized spacial score (nSPS) is 11.2. The molecule has 2 rings (SSSR count). The van der Waals surface area contributed by atoms with Gasteiger partial charge in [0.2, 0.25) is 0 Å². The standard InChI is InChI=1S/C15H13IN2O/c1-11(12-7-9-14(16)10-8-12)17-18-15(19)13-5-3-2-4-6-13/h2-10H,1H3,(H,18,19)/b17-11-. The van der Waals surface area contributed by atoms with Crippen LogP contribution >= 0.6 is 22.6 Å². The van der Waals surface area contributed by atoms with Crippen molar-refractivity contribution in [1.82, 2.24) is 5.43 Å². The molecule has 4 heteroatoms. The average Bonchev–Trinajstić information content (AvgIpc) is 2.46. The van der Waals surface area contributed by atoms with Crippen molar-refractivity contribution in [1.29, 1.82) is 0 Å². The third kappa shape index (κ3) is 3.89. The summed E-state index contributed by atoms with van der Waals surface area (Å²) in [4.78, 5) is 11.8. The predicted octanol–water partition coefficient (Wildman–Crippen LogP) is 3.45. The molecular weight excluding hydrogens is 351 g/mol. The summed E-state index contributed by atoms with van der Waals surface area (Å²) >= 11 is 2.25. The highest BCUT2D eigenvalue weighted by Gasteiger charge is 2.03. The minimum atomic E-state index is -0.203. The zero-order chi connectivity index (χ0) is 13.7. The number of hydrazone groups is 1. The fourth-order valence-electron chi connectivity index (χ4n) is 1.54. The molecule has 3 nitrogen and oxygen atoms in total. The summed E-state index contributed by atoms with van der Waals surface area (Å²) in [6.07, 6.45) is 0. The van der Waals surface area contributed by atoms with Gasteiger partial charge in [-0.05, 0) is 59.3 Å². The number of amides is 1. The minimum Gasteiger partial charge on any atom is -0.267 e. The Kier molecular flexibility index (Phi) is 4.68. The van der Waals surface area contributed by atoms with Crippen molar-refractivity contribution < 1.29 is 4.79 Å². The fourth-order valence-corrected chi connectivity index (χ4v) is 1.90. The number of nitrogens with zero attached hydrogens (tertiary/aromatic N) is 1. The second-order valence-corrected chi connectivity index (χ2v) is 5.26. The van der Waals surface area contributed by atoms with E-state index in [0.717, 1.165) is 11.3 Å². The first kappa shape index (κ1) is 13.7. The van der Waals surface area contributed by atoms with Gasteiger partial charge in [0, 0.05) is 9.13 Å². The Hall–Kier alpha value is -1.69. The highest BCUT2D eigenvalue weighted by atomic mass is 127. The summed E-state index contributed by atoms with van der Waals surface area (Å²) in [6, 6.07) is 17.0. The molecule has 0 saturated heterocycles. The quantitative estimate of drug-likeness (QED) is 0.506. The molecule has 1 amide bonds. The van der Waals surface area contributed by atoms with Gasteiger partial charge in [0.15, 0.2) is 0 Å². The van der Waals surface area contributed by atoms with Gasteiger partial charge in [-0.3, -0.25) is 4.79 Å². The Morgan fingerprint density at radius 1 is 1.00 bits per heavy atom. The van der Waals surface area contributed by atoms with Gasteiger partial charge in [0.05, 0.1) is 5.71 Å². The highest BCUT2D eigenvalue weighted by molar-refractivity contribution is 14.1. The molecule has 0 aliphatic carbocycles. The van der Waals surface area contributed by atoms with Gasteiger partial charge in [-0.15, -0.1) is 0 Å². The van der Waals surface area contributed by atoms with Crippen molar-refractivity contribution in [3.05, 3.63) is 69.3 Å². The Morgan fingerprint density at radius 3 is 2.26 bits per heavy atom. The number of rotatable bonds is 3. The summed E-state index contributed by atoms with van der Waals surface area (Å²) in [5, 5.41) is 4.12. The maximum atomic E-state index is 11.8. The Balaban J connectivity index is 2.06. The van der Waals surface area contributed by atoms with Crippen LogP contribution in [0.25, 0.3) is 0 Å². The van der Waals surface area contributed by atoms with Crippen molar-refractivity contribution in [2.24, 2.45) is 5.10 Å². The highest BCUT2D eigenvalue weighted by Crippen LogP contribution is 2.07. The zero-order valence-corrected chi connectivity index (χ0v) is 12.6. The van der Waals surface area contributed by atoms with Gasteiger partial charge in [-0.2, -0.15) is 5.10 Å². The van der Waals surface area contributed by atoms with E-state index in [-0.39, 0.29) is 5.91 Å². The molecule has 0 aliphatic rings. The third-order valence-corrected chi connectivity index (χ3v) is 3.34. The van der Waals surface area contributed by atoms with E-state index in [4.69, 9.17) is 0 Å². The van der Waals surface area contributed by atoms with E-state index in [1.165, 1.54) is 3.57 Å². The maximum absolute atomic E-state index is 11.8. The molecule has 2 aromatic rings. The summed E-state index contributed by atoms with van der Waals surface area (Å²) < 4.78 is 1.17. The molecule has 19 heavy (non-hydrogen) atoms. The van der Waals surface area contributed by atoms with Gasteiger partial charge in [0.1, 0.15) is 0 Å².